The van der Waals surface area contributed by atoms with Crippen LogP contribution in [0.2, 0.25) is 0 Å². The second-order valence-electron chi connectivity index (χ2n) is 4.80. The van der Waals surface area contributed by atoms with Crippen LogP contribution in [0, 0.1) is 6.92 Å². The molecule has 2 N–H and O–H groups in total. The molecule has 0 spiro atoms. The maximum Gasteiger partial charge on any atom is 0.151 e. The van der Waals surface area contributed by atoms with Gasteiger partial charge < -0.3 is 10.3 Å². The van der Waals surface area contributed by atoms with E-state index in [1.807, 2.05) is 43.3 Å². The van der Waals surface area contributed by atoms with E-state index in [1.165, 1.54) is 11.8 Å². The number of hydrogen-bond donors (Lipinski definition) is 2. The third kappa shape index (κ3) is 3.08. The maximum atomic E-state index is 9.93. The fraction of sp³-hybridized carbons (Fsp3) is 0.125. The lowest BCUT2D eigenvalue weighted by Crippen LogP contribution is -2.05. The van der Waals surface area contributed by atoms with Crippen LogP contribution in [-0.4, -0.2) is 26.8 Å². The monoisotopic (exact) mass is 330 g/mol. The number of hydrogen-bond acceptors (Lipinski definition) is 6. The molecule has 3 aromatic rings. The summed E-state index contributed by atoms with van der Waals surface area (Å²) in [5.74, 6) is 0.552. The molecule has 2 aromatic carbocycles. The first-order valence-electron chi connectivity index (χ1n) is 6.66. The van der Waals surface area contributed by atoms with Crippen molar-refractivity contribution in [1.29, 1.82) is 0 Å². The zero-order valence-electron chi connectivity index (χ0n) is 11.9. The van der Waals surface area contributed by atoms with Gasteiger partial charge in [0.15, 0.2) is 4.34 Å². The van der Waals surface area contributed by atoms with Crippen molar-refractivity contribution in [3.05, 3.63) is 53.6 Å². The zero-order valence-corrected chi connectivity index (χ0v) is 13.5. The highest BCUT2D eigenvalue weighted by atomic mass is 32.2. The number of thiazole rings is 1. The molecule has 0 saturated carbocycles. The molecule has 112 valence electrons. The Kier molecular flexibility index (Phi) is 4.31. The summed E-state index contributed by atoms with van der Waals surface area (Å²) in [7, 11) is 0. The summed E-state index contributed by atoms with van der Waals surface area (Å²) < 4.78 is 2.04. The summed E-state index contributed by atoms with van der Waals surface area (Å²) in [5.41, 5.74) is 2.95. The zero-order chi connectivity index (χ0) is 15.5. The van der Waals surface area contributed by atoms with Crippen LogP contribution in [0.25, 0.3) is 10.2 Å². The van der Waals surface area contributed by atoms with Crippen LogP contribution in [-0.2, 0) is 0 Å². The van der Waals surface area contributed by atoms with E-state index in [1.54, 1.807) is 17.4 Å². The van der Waals surface area contributed by atoms with Gasteiger partial charge >= 0.3 is 0 Å². The van der Waals surface area contributed by atoms with Gasteiger partial charge in [-0.05, 0) is 31.2 Å². The van der Waals surface area contributed by atoms with Gasteiger partial charge in [-0.2, -0.15) is 0 Å². The summed E-state index contributed by atoms with van der Waals surface area (Å²) in [6.07, 6.45) is 0. The van der Waals surface area contributed by atoms with Crippen molar-refractivity contribution in [2.24, 2.45) is 5.16 Å². The lowest BCUT2D eigenvalue weighted by Gasteiger charge is -2.07. The van der Waals surface area contributed by atoms with Gasteiger partial charge in [0.05, 0.1) is 10.2 Å². The molecule has 0 saturated heterocycles. The van der Waals surface area contributed by atoms with Gasteiger partial charge in [-0.15, -0.1) is 11.3 Å². The number of nitrogens with zero attached hydrogens (tertiary/aromatic N) is 2. The fourth-order valence-electron chi connectivity index (χ4n) is 2.08. The van der Waals surface area contributed by atoms with Crippen LogP contribution in [0.3, 0.4) is 0 Å². The molecule has 0 amide bonds. The topological polar surface area (TPSA) is 65.7 Å². The first-order chi connectivity index (χ1) is 10.7. The minimum atomic E-state index is 0.114. The van der Waals surface area contributed by atoms with Crippen molar-refractivity contribution in [3.8, 4) is 5.75 Å². The number of fused-ring (bicyclic) bond motifs is 1. The van der Waals surface area contributed by atoms with Crippen molar-refractivity contribution in [3.63, 3.8) is 0 Å². The van der Waals surface area contributed by atoms with Crippen molar-refractivity contribution in [2.75, 3.05) is 5.75 Å². The van der Waals surface area contributed by atoms with Crippen LogP contribution in [0.4, 0.5) is 0 Å². The Balaban J connectivity index is 1.80. The Morgan fingerprint density at radius 1 is 1.27 bits per heavy atom. The third-order valence-corrected chi connectivity index (χ3v) is 5.38. The number of phenols is 1. The molecule has 22 heavy (non-hydrogen) atoms. The molecule has 3 rings (SSSR count). The third-order valence-electron chi connectivity index (χ3n) is 3.19. The van der Waals surface area contributed by atoms with E-state index in [0.29, 0.717) is 17.0 Å². The molecular weight excluding hydrogens is 316 g/mol. The summed E-state index contributed by atoms with van der Waals surface area (Å²) in [5, 5.41) is 22.5. The molecule has 0 aliphatic rings. The molecule has 0 aliphatic carbocycles. The van der Waals surface area contributed by atoms with E-state index < -0.39 is 0 Å². The van der Waals surface area contributed by atoms with E-state index in [9.17, 15) is 10.3 Å². The second kappa shape index (κ2) is 6.37. The van der Waals surface area contributed by atoms with Crippen molar-refractivity contribution in [1.82, 2.24) is 4.98 Å². The van der Waals surface area contributed by atoms with Crippen LogP contribution in [0.15, 0.2) is 52.0 Å². The first kappa shape index (κ1) is 14.9. The Labute approximate surface area is 136 Å². The van der Waals surface area contributed by atoms with Gasteiger partial charge in [0.1, 0.15) is 11.5 Å². The summed E-state index contributed by atoms with van der Waals surface area (Å²) >= 11 is 3.10. The fourth-order valence-corrected chi connectivity index (χ4v) is 4.10. The SMILES string of the molecule is Cc1ccc(O)c(C(CSc2nc3ccccc3s2)=NO)c1. The van der Waals surface area contributed by atoms with Gasteiger partial charge in [0.25, 0.3) is 0 Å². The number of aromatic hydroxyl groups is 1. The van der Waals surface area contributed by atoms with Crippen LogP contribution in [0.5, 0.6) is 5.75 Å². The molecule has 0 radical (unpaired) electrons. The van der Waals surface area contributed by atoms with Crippen LogP contribution < -0.4 is 0 Å². The molecule has 6 heteroatoms. The molecule has 4 nitrogen and oxygen atoms in total. The average Bonchev–Trinajstić information content (AvgIpc) is 2.94. The maximum absolute atomic E-state index is 9.93. The van der Waals surface area contributed by atoms with Gasteiger partial charge in [-0.3, -0.25) is 0 Å². The quantitative estimate of drug-likeness (QED) is 0.324. The number of aryl methyl sites for hydroxylation is 1. The number of phenolic OH excluding ortho intramolecular Hbond substituents is 1. The van der Waals surface area contributed by atoms with Crippen molar-refractivity contribution in [2.45, 2.75) is 11.3 Å². The highest BCUT2D eigenvalue weighted by Gasteiger charge is 2.12. The van der Waals surface area contributed by atoms with E-state index in [0.717, 1.165) is 20.1 Å². The van der Waals surface area contributed by atoms with Gasteiger partial charge in [-0.25, -0.2) is 4.98 Å². The molecule has 0 fully saturated rings. The smallest absolute Gasteiger partial charge is 0.151 e. The van der Waals surface area contributed by atoms with E-state index in [-0.39, 0.29) is 5.75 Å². The predicted molar refractivity (Wildman–Crippen MR) is 91.5 cm³/mol. The number of benzene rings is 2. The highest BCUT2D eigenvalue weighted by molar-refractivity contribution is 8.01. The summed E-state index contributed by atoms with van der Waals surface area (Å²) in [6, 6.07) is 13.2. The lowest BCUT2D eigenvalue weighted by atomic mass is 10.1. The van der Waals surface area contributed by atoms with Crippen molar-refractivity contribution < 1.29 is 10.3 Å². The standard InChI is InChI=1S/C16H14N2O2S2/c1-10-6-7-14(19)11(8-10)13(18-20)9-21-16-17-12-4-2-3-5-15(12)22-16/h2-8,19-20H,9H2,1H3. The number of aromatic nitrogens is 1. The Hall–Kier alpha value is -2.05. The first-order valence-corrected chi connectivity index (χ1v) is 8.47. The Morgan fingerprint density at radius 2 is 2.09 bits per heavy atom. The average molecular weight is 330 g/mol. The molecule has 0 atom stereocenters. The largest absolute Gasteiger partial charge is 0.507 e. The van der Waals surface area contributed by atoms with Gasteiger partial charge in [0.2, 0.25) is 0 Å². The Morgan fingerprint density at radius 3 is 2.86 bits per heavy atom. The highest BCUT2D eigenvalue weighted by Crippen LogP contribution is 2.30. The minimum Gasteiger partial charge on any atom is -0.507 e. The number of oxime groups is 1. The summed E-state index contributed by atoms with van der Waals surface area (Å²) in [4.78, 5) is 4.53. The Bertz CT molecular complexity index is 810. The van der Waals surface area contributed by atoms with Crippen LogP contribution in [0.1, 0.15) is 11.1 Å². The molecule has 0 aliphatic heterocycles. The number of rotatable bonds is 4. The number of para-hydroxylation sites is 1. The molecule has 1 heterocycles. The van der Waals surface area contributed by atoms with Crippen LogP contribution >= 0.6 is 23.1 Å². The van der Waals surface area contributed by atoms with E-state index >= 15 is 0 Å². The summed E-state index contributed by atoms with van der Waals surface area (Å²) in [6.45, 7) is 1.93. The molecule has 0 bridgehead atoms. The second-order valence-corrected chi connectivity index (χ2v) is 7.06. The van der Waals surface area contributed by atoms with Gasteiger partial charge in [-0.1, -0.05) is 40.7 Å². The lowest BCUT2D eigenvalue weighted by molar-refractivity contribution is 0.319. The van der Waals surface area contributed by atoms with E-state index in [4.69, 9.17) is 0 Å². The normalized spacial score (nSPS) is 12.0. The number of thioether (sulfide) groups is 1. The predicted octanol–water partition coefficient (Wildman–Crippen LogP) is 4.28. The molecule has 1 aromatic heterocycles. The van der Waals surface area contributed by atoms with E-state index in [2.05, 4.69) is 10.1 Å². The molecular formula is C16H14N2O2S2. The van der Waals surface area contributed by atoms with Crippen molar-refractivity contribution >= 4 is 39.0 Å². The molecule has 0 unspecified atom stereocenters. The van der Waals surface area contributed by atoms with Gasteiger partial charge in [0, 0.05) is 11.3 Å². The minimum absolute atomic E-state index is 0.114.